The Morgan fingerprint density at radius 2 is 2.15 bits per heavy atom. The maximum atomic E-state index is 5.43. The Morgan fingerprint density at radius 1 is 1.54 bits per heavy atom. The summed E-state index contributed by atoms with van der Waals surface area (Å²) in [4.78, 5) is 0. The first-order chi connectivity index (χ1) is 6.05. The standard InChI is InChI=1S/C11H19NO/c1-6-7-12-9-8(2)10(13-5)11(9,3)4/h1,8-10,12H,7H2,2-5H3. The molecule has 0 radical (unpaired) electrons. The molecule has 0 aromatic rings. The van der Waals surface area contributed by atoms with Crippen LogP contribution in [0.3, 0.4) is 0 Å². The fourth-order valence-corrected chi connectivity index (χ4v) is 2.72. The lowest BCUT2D eigenvalue weighted by Gasteiger charge is -2.56. The Morgan fingerprint density at radius 3 is 2.54 bits per heavy atom. The topological polar surface area (TPSA) is 21.3 Å². The van der Waals surface area contributed by atoms with Crippen molar-refractivity contribution in [2.75, 3.05) is 13.7 Å². The van der Waals surface area contributed by atoms with Crippen LogP contribution in [-0.2, 0) is 4.74 Å². The third-order valence-corrected chi connectivity index (χ3v) is 3.22. The molecule has 0 saturated heterocycles. The minimum Gasteiger partial charge on any atom is -0.380 e. The van der Waals surface area contributed by atoms with Gasteiger partial charge >= 0.3 is 0 Å². The number of hydrogen-bond acceptors (Lipinski definition) is 2. The third kappa shape index (κ3) is 1.59. The maximum absolute atomic E-state index is 5.43. The van der Waals surface area contributed by atoms with Crippen LogP contribution in [0.4, 0.5) is 0 Å². The zero-order valence-corrected chi connectivity index (χ0v) is 8.92. The second-order valence-corrected chi connectivity index (χ2v) is 4.40. The average molecular weight is 181 g/mol. The second kappa shape index (κ2) is 3.69. The molecule has 1 aliphatic carbocycles. The molecule has 1 fully saturated rings. The molecule has 2 heteroatoms. The number of methoxy groups -OCH3 is 1. The summed E-state index contributed by atoms with van der Waals surface area (Å²) in [5, 5.41) is 3.36. The lowest BCUT2D eigenvalue weighted by molar-refractivity contribution is -0.143. The highest BCUT2D eigenvalue weighted by Crippen LogP contribution is 2.46. The van der Waals surface area contributed by atoms with Crippen molar-refractivity contribution in [1.82, 2.24) is 5.32 Å². The van der Waals surface area contributed by atoms with Crippen molar-refractivity contribution in [3.05, 3.63) is 0 Å². The van der Waals surface area contributed by atoms with Crippen LogP contribution in [0.25, 0.3) is 0 Å². The van der Waals surface area contributed by atoms with Crippen molar-refractivity contribution in [1.29, 1.82) is 0 Å². The first-order valence-electron chi connectivity index (χ1n) is 4.75. The Bertz CT molecular complexity index is 217. The van der Waals surface area contributed by atoms with Crippen LogP contribution in [0.1, 0.15) is 20.8 Å². The summed E-state index contributed by atoms with van der Waals surface area (Å²) in [6, 6.07) is 0.480. The molecule has 13 heavy (non-hydrogen) atoms. The predicted octanol–water partition coefficient (Wildman–Crippen LogP) is 1.27. The highest BCUT2D eigenvalue weighted by molar-refractivity contribution is 5.08. The van der Waals surface area contributed by atoms with Gasteiger partial charge < -0.3 is 10.1 Å². The van der Waals surface area contributed by atoms with Gasteiger partial charge in [-0.3, -0.25) is 0 Å². The summed E-state index contributed by atoms with van der Waals surface area (Å²) in [6.45, 7) is 7.28. The molecule has 3 unspecified atom stereocenters. The lowest BCUT2D eigenvalue weighted by atomic mass is 9.58. The summed E-state index contributed by atoms with van der Waals surface area (Å²) in [7, 11) is 1.78. The molecule has 3 atom stereocenters. The molecule has 1 rings (SSSR count). The van der Waals surface area contributed by atoms with Gasteiger partial charge in [0.15, 0.2) is 0 Å². The monoisotopic (exact) mass is 181 g/mol. The normalized spacial score (nSPS) is 36.4. The highest BCUT2D eigenvalue weighted by atomic mass is 16.5. The quantitative estimate of drug-likeness (QED) is 0.662. The molecule has 1 N–H and O–H groups in total. The van der Waals surface area contributed by atoms with E-state index in [0.717, 1.165) is 0 Å². The Kier molecular flexibility index (Phi) is 3.00. The van der Waals surface area contributed by atoms with E-state index in [1.165, 1.54) is 0 Å². The van der Waals surface area contributed by atoms with Gasteiger partial charge in [-0.25, -0.2) is 0 Å². The van der Waals surface area contributed by atoms with Crippen LogP contribution in [-0.4, -0.2) is 25.8 Å². The number of terminal acetylenes is 1. The van der Waals surface area contributed by atoms with Crippen molar-refractivity contribution in [3.8, 4) is 12.3 Å². The zero-order chi connectivity index (χ0) is 10.1. The van der Waals surface area contributed by atoms with E-state index in [2.05, 4.69) is 32.0 Å². The fraction of sp³-hybridized carbons (Fsp3) is 0.818. The lowest BCUT2D eigenvalue weighted by Crippen LogP contribution is -2.67. The van der Waals surface area contributed by atoms with Gasteiger partial charge in [-0.2, -0.15) is 0 Å². The molecular weight excluding hydrogens is 162 g/mol. The summed E-state index contributed by atoms with van der Waals surface area (Å²) in [5.74, 6) is 3.16. The summed E-state index contributed by atoms with van der Waals surface area (Å²) < 4.78 is 5.43. The molecule has 0 aromatic carbocycles. The Hall–Kier alpha value is -0.520. The molecule has 74 valence electrons. The van der Waals surface area contributed by atoms with Crippen LogP contribution >= 0.6 is 0 Å². The van der Waals surface area contributed by atoms with E-state index in [-0.39, 0.29) is 5.41 Å². The van der Waals surface area contributed by atoms with E-state index in [0.29, 0.717) is 24.6 Å². The Balaban J connectivity index is 2.54. The van der Waals surface area contributed by atoms with E-state index in [4.69, 9.17) is 11.2 Å². The van der Waals surface area contributed by atoms with Crippen molar-refractivity contribution >= 4 is 0 Å². The molecule has 1 aliphatic rings. The largest absolute Gasteiger partial charge is 0.380 e. The average Bonchev–Trinajstić information content (AvgIpc) is 2.05. The molecular formula is C11H19NO. The van der Waals surface area contributed by atoms with Crippen molar-refractivity contribution < 1.29 is 4.74 Å². The number of hydrogen-bond donors (Lipinski definition) is 1. The van der Waals surface area contributed by atoms with Gasteiger partial charge in [-0.1, -0.05) is 26.7 Å². The molecule has 0 spiro atoms. The van der Waals surface area contributed by atoms with Gasteiger partial charge in [0.25, 0.3) is 0 Å². The van der Waals surface area contributed by atoms with Gasteiger partial charge in [0.1, 0.15) is 0 Å². The maximum Gasteiger partial charge on any atom is 0.0677 e. The van der Waals surface area contributed by atoms with E-state index >= 15 is 0 Å². The zero-order valence-electron chi connectivity index (χ0n) is 8.92. The first kappa shape index (κ1) is 10.6. The molecule has 0 amide bonds. The molecule has 0 aromatic heterocycles. The van der Waals surface area contributed by atoms with E-state index in [9.17, 15) is 0 Å². The van der Waals surface area contributed by atoms with E-state index in [1.807, 2.05) is 0 Å². The highest BCUT2D eigenvalue weighted by Gasteiger charge is 2.54. The van der Waals surface area contributed by atoms with Crippen molar-refractivity contribution in [2.45, 2.75) is 32.9 Å². The van der Waals surface area contributed by atoms with Crippen molar-refractivity contribution in [3.63, 3.8) is 0 Å². The van der Waals surface area contributed by atoms with Crippen molar-refractivity contribution in [2.24, 2.45) is 11.3 Å². The van der Waals surface area contributed by atoms with Crippen LogP contribution in [0, 0.1) is 23.7 Å². The van der Waals surface area contributed by atoms with Crippen LogP contribution in [0.15, 0.2) is 0 Å². The van der Waals surface area contributed by atoms with Crippen LogP contribution in [0.2, 0.25) is 0 Å². The number of ether oxygens (including phenoxy) is 1. The summed E-state index contributed by atoms with van der Waals surface area (Å²) in [5.41, 5.74) is 0.199. The fourth-order valence-electron chi connectivity index (χ4n) is 2.72. The van der Waals surface area contributed by atoms with Gasteiger partial charge in [0.05, 0.1) is 12.6 Å². The predicted molar refractivity (Wildman–Crippen MR) is 54.4 cm³/mol. The van der Waals surface area contributed by atoms with Gasteiger partial charge in [0.2, 0.25) is 0 Å². The Labute approximate surface area is 81.0 Å². The second-order valence-electron chi connectivity index (χ2n) is 4.40. The summed E-state index contributed by atoms with van der Waals surface area (Å²) >= 11 is 0. The minimum absolute atomic E-state index is 0.199. The van der Waals surface area contributed by atoms with Gasteiger partial charge in [-0.05, 0) is 5.92 Å². The number of nitrogens with one attached hydrogen (secondary N) is 1. The number of rotatable bonds is 3. The summed E-state index contributed by atoms with van der Waals surface area (Å²) in [6.07, 6.45) is 5.56. The molecule has 2 nitrogen and oxygen atoms in total. The third-order valence-electron chi connectivity index (χ3n) is 3.22. The van der Waals surface area contributed by atoms with E-state index in [1.54, 1.807) is 7.11 Å². The smallest absolute Gasteiger partial charge is 0.0677 e. The van der Waals surface area contributed by atoms with E-state index < -0.39 is 0 Å². The molecule has 0 heterocycles. The molecule has 0 bridgehead atoms. The van der Waals surface area contributed by atoms with Crippen LogP contribution < -0.4 is 5.32 Å². The molecule has 0 aliphatic heterocycles. The van der Waals surface area contributed by atoms with Gasteiger partial charge in [-0.15, -0.1) is 6.42 Å². The first-order valence-corrected chi connectivity index (χ1v) is 4.75. The SMILES string of the molecule is C#CCNC1C(C)C(OC)C1(C)C. The van der Waals surface area contributed by atoms with Crippen LogP contribution in [0.5, 0.6) is 0 Å². The minimum atomic E-state index is 0.199. The van der Waals surface area contributed by atoms with Gasteiger partial charge in [0, 0.05) is 18.6 Å². The molecule has 1 saturated carbocycles.